The molecule has 0 aromatic heterocycles. The Hall–Kier alpha value is -1.55. The molecule has 6 heteroatoms. The van der Waals surface area contributed by atoms with Crippen LogP contribution in [0.2, 0.25) is 15.1 Å². The van der Waals surface area contributed by atoms with E-state index in [2.05, 4.69) is 0 Å². The first-order chi connectivity index (χ1) is 9.49. The highest BCUT2D eigenvalue weighted by molar-refractivity contribution is 6.41. The molecule has 20 heavy (non-hydrogen) atoms. The number of carbonyl (C=O) groups excluding carboxylic acids is 2. The SMILES string of the molecule is O=C1c2ccc(Cl)cc2C(=O)N1c1ccc(Cl)cc1Cl. The summed E-state index contributed by atoms with van der Waals surface area (Å²) in [5.41, 5.74) is 0.886. The molecule has 0 fully saturated rings. The Labute approximate surface area is 129 Å². The Bertz CT molecular complexity index is 758. The maximum absolute atomic E-state index is 12.4. The van der Waals surface area contributed by atoms with Crippen LogP contribution < -0.4 is 4.90 Å². The molecule has 0 bridgehead atoms. The minimum atomic E-state index is -0.447. The summed E-state index contributed by atoms with van der Waals surface area (Å²) in [6.45, 7) is 0. The van der Waals surface area contributed by atoms with Gasteiger partial charge in [0.15, 0.2) is 0 Å². The van der Waals surface area contributed by atoms with Crippen LogP contribution in [0.4, 0.5) is 5.69 Å². The van der Waals surface area contributed by atoms with Gasteiger partial charge in [0, 0.05) is 10.0 Å². The van der Waals surface area contributed by atoms with E-state index in [1.807, 2.05) is 0 Å². The average molecular weight is 327 g/mol. The van der Waals surface area contributed by atoms with E-state index in [4.69, 9.17) is 34.8 Å². The van der Waals surface area contributed by atoms with Gasteiger partial charge < -0.3 is 0 Å². The number of imide groups is 1. The van der Waals surface area contributed by atoms with Gasteiger partial charge in [0.05, 0.1) is 21.8 Å². The number of halogens is 3. The van der Waals surface area contributed by atoms with Gasteiger partial charge in [-0.1, -0.05) is 34.8 Å². The fraction of sp³-hybridized carbons (Fsp3) is 0. The number of hydrogen-bond donors (Lipinski definition) is 0. The molecule has 1 aliphatic heterocycles. The van der Waals surface area contributed by atoms with E-state index in [0.717, 1.165) is 4.90 Å². The lowest BCUT2D eigenvalue weighted by Crippen LogP contribution is -2.29. The van der Waals surface area contributed by atoms with Gasteiger partial charge in [0.1, 0.15) is 0 Å². The number of hydrogen-bond acceptors (Lipinski definition) is 2. The van der Waals surface area contributed by atoms with Gasteiger partial charge in [0.2, 0.25) is 0 Å². The highest BCUT2D eigenvalue weighted by Gasteiger charge is 2.37. The molecule has 0 spiro atoms. The third-order valence-corrected chi connectivity index (χ3v) is 3.77. The lowest BCUT2D eigenvalue weighted by atomic mass is 10.1. The van der Waals surface area contributed by atoms with Crippen LogP contribution in [0.25, 0.3) is 0 Å². The summed E-state index contributed by atoms with van der Waals surface area (Å²) >= 11 is 17.7. The highest BCUT2D eigenvalue weighted by Crippen LogP contribution is 2.35. The molecule has 0 N–H and O–H groups in total. The summed E-state index contributed by atoms with van der Waals surface area (Å²) in [5, 5.41) is 1.06. The van der Waals surface area contributed by atoms with Crippen molar-refractivity contribution >= 4 is 52.3 Å². The summed E-state index contributed by atoms with van der Waals surface area (Å²) < 4.78 is 0. The zero-order valence-corrected chi connectivity index (χ0v) is 12.1. The van der Waals surface area contributed by atoms with E-state index in [1.54, 1.807) is 12.1 Å². The van der Waals surface area contributed by atoms with E-state index in [0.29, 0.717) is 21.3 Å². The first-order valence-electron chi connectivity index (χ1n) is 5.62. The minimum absolute atomic E-state index is 0.234. The molecule has 1 heterocycles. The molecule has 0 aliphatic carbocycles. The fourth-order valence-corrected chi connectivity index (χ4v) is 2.76. The van der Waals surface area contributed by atoms with Crippen molar-refractivity contribution in [1.82, 2.24) is 0 Å². The Morgan fingerprint density at radius 1 is 0.750 bits per heavy atom. The van der Waals surface area contributed by atoms with Gasteiger partial charge in [-0.3, -0.25) is 9.59 Å². The van der Waals surface area contributed by atoms with Crippen LogP contribution in [-0.2, 0) is 0 Å². The van der Waals surface area contributed by atoms with Crippen molar-refractivity contribution in [1.29, 1.82) is 0 Å². The smallest absolute Gasteiger partial charge is 0.266 e. The molecule has 100 valence electrons. The average Bonchev–Trinajstić information content (AvgIpc) is 2.63. The van der Waals surface area contributed by atoms with Crippen molar-refractivity contribution in [2.24, 2.45) is 0 Å². The maximum Gasteiger partial charge on any atom is 0.266 e. The van der Waals surface area contributed by atoms with E-state index < -0.39 is 11.8 Å². The van der Waals surface area contributed by atoms with Crippen LogP contribution >= 0.6 is 34.8 Å². The molecular weight excluding hydrogens is 321 g/mol. The zero-order valence-electron chi connectivity index (χ0n) is 9.86. The monoisotopic (exact) mass is 325 g/mol. The Kier molecular flexibility index (Phi) is 3.21. The number of amides is 2. The van der Waals surface area contributed by atoms with Crippen LogP contribution in [0, 0.1) is 0 Å². The van der Waals surface area contributed by atoms with Crippen LogP contribution in [0.1, 0.15) is 20.7 Å². The van der Waals surface area contributed by atoms with Crippen molar-refractivity contribution in [3.63, 3.8) is 0 Å². The number of anilines is 1. The van der Waals surface area contributed by atoms with Crippen molar-refractivity contribution < 1.29 is 9.59 Å². The molecule has 3 nitrogen and oxygen atoms in total. The Morgan fingerprint density at radius 3 is 2.05 bits per heavy atom. The van der Waals surface area contributed by atoms with E-state index in [-0.39, 0.29) is 10.6 Å². The van der Waals surface area contributed by atoms with E-state index in [9.17, 15) is 9.59 Å². The molecule has 0 saturated carbocycles. The Balaban J connectivity index is 2.14. The summed E-state index contributed by atoms with van der Waals surface area (Å²) in [6, 6.07) is 9.16. The van der Waals surface area contributed by atoms with Crippen molar-refractivity contribution in [3.05, 3.63) is 62.6 Å². The minimum Gasteiger partial charge on any atom is -0.268 e. The second kappa shape index (κ2) is 4.77. The molecule has 0 atom stereocenters. The summed E-state index contributed by atoms with van der Waals surface area (Å²) in [7, 11) is 0. The Morgan fingerprint density at radius 2 is 1.35 bits per heavy atom. The fourth-order valence-electron chi connectivity index (χ4n) is 2.09. The second-order valence-corrected chi connectivity index (χ2v) is 5.51. The van der Waals surface area contributed by atoms with Gasteiger partial charge >= 0.3 is 0 Å². The predicted octanol–water partition coefficient (Wildman–Crippen LogP) is 4.45. The normalized spacial score (nSPS) is 13.8. The number of rotatable bonds is 1. The second-order valence-electron chi connectivity index (χ2n) is 4.23. The number of fused-ring (bicyclic) bond motifs is 1. The lowest BCUT2D eigenvalue weighted by molar-refractivity contribution is 0.0926. The van der Waals surface area contributed by atoms with Crippen molar-refractivity contribution in [3.8, 4) is 0 Å². The predicted molar refractivity (Wildman–Crippen MR) is 79.1 cm³/mol. The quantitative estimate of drug-likeness (QED) is 0.726. The molecule has 0 radical (unpaired) electrons. The van der Waals surface area contributed by atoms with Gasteiger partial charge in [0.25, 0.3) is 11.8 Å². The third-order valence-electron chi connectivity index (χ3n) is 3.00. The van der Waals surface area contributed by atoms with Crippen LogP contribution in [0.3, 0.4) is 0 Å². The van der Waals surface area contributed by atoms with E-state index >= 15 is 0 Å². The largest absolute Gasteiger partial charge is 0.268 e. The molecule has 0 unspecified atom stereocenters. The molecule has 0 saturated heterocycles. The zero-order chi connectivity index (χ0) is 14.4. The highest BCUT2D eigenvalue weighted by atomic mass is 35.5. The number of nitrogens with zero attached hydrogens (tertiary/aromatic N) is 1. The van der Waals surface area contributed by atoms with Gasteiger partial charge in [-0.25, -0.2) is 4.90 Å². The summed E-state index contributed by atoms with van der Waals surface area (Å²) in [4.78, 5) is 25.7. The molecule has 2 aromatic rings. The van der Waals surface area contributed by atoms with Crippen LogP contribution in [0.15, 0.2) is 36.4 Å². The van der Waals surface area contributed by atoms with Gasteiger partial charge in [-0.2, -0.15) is 0 Å². The number of benzene rings is 2. The maximum atomic E-state index is 12.4. The molecule has 2 amide bonds. The first-order valence-corrected chi connectivity index (χ1v) is 6.76. The summed E-state index contributed by atoms with van der Waals surface area (Å²) in [6.07, 6.45) is 0. The number of carbonyl (C=O) groups is 2. The van der Waals surface area contributed by atoms with Crippen molar-refractivity contribution in [2.75, 3.05) is 4.90 Å². The van der Waals surface area contributed by atoms with E-state index in [1.165, 1.54) is 24.3 Å². The van der Waals surface area contributed by atoms with Crippen LogP contribution in [-0.4, -0.2) is 11.8 Å². The molecular formula is C14H6Cl3NO2. The van der Waals surface area contributed by atoms with Crippen molar-refractivity contribution in [2.45, 2.75) is 0 Å². The first kappa shape index (κ1) is 13.4. The summed E-state index contributed by atoms with van der Waals surface area (Å²) in [5.74, 6) is -0.873. The standard InChI is InChI=1S/C14H6Cl3NO2/c15-7-1-3-9-10(5-7)14(20)18(13(9)19)12-4-2-8(16)6-11(12)17/h1-6H. The molecule has 1 aliphatic rings. The van der Waals surface area contributed by atoms with Crippen LogP contribution in [0.5, 0.6) is 0 Å². The topological polar surface area (TPSA) is 37.4 Å². The van der Waals surface area contributed by atoms with Gasteiger partial charge in [-0.15, -0.1) is 0 Å². The molecule has 2 aromatic carbocycles. The lowest BCUT2D eigenvalue weighted by Gasteiger charge is -2.15. The third kappa shape index (κ3) is 1.99. The molecule has 3 rings (SSSR count). The van der Waals surface area contributed by atoms with Gasteiger partial charge in [-0.05, 0) is 36.4 Å².